The third-order valence-corrected chi connectivity index (χ3v) is 5.25. The molecule has 4 heterocycles. The van der Waals surface area contributed by atoms with Gasteiger partial charge in [0.1, 0.15) is 12.4 Å². The molecule has 10 nitrogen and oxygen atoms in total. The summed E-state index contributed by atoms with van der Waals surface area (Å²) in [5, 5.41) is 8.45. The summed E-state index contributed by atoms with van der Waals surface area (Å²) in [7, 11) is 3.37. The van der Waals surface area contributed by atoms with Crippen molar-refractivity contribution in [3.05, 3.63) is 41.3 Å². The van der Waals surface area contributed by atoms with Gasteiger partial charge in [0.25, 0.3) is 5.91 Å². The number of hydrogen-bond donors (Lipinski definition) is 0. The quantitative estimate of drug-likeness (QED) is 0.512. The van der Waals surface area contributed by atoms with Crippen molar-refractivity contribution in [1.29, 1.82) is 0 Å². The number of ether oxygens (including phenoxy) is 1. The Kier molecular flexibility index (Phi) is 5.94. The van der Waals surface area contributed by atoms with Crippen LogP contribution in [0.1, 0.15) is 26.4 Å². The third-order valence-electron chi connectivity index (χ3n) is 5.25. The van der Waals surface area contributed by atoms with Gasteiger partial charge in [-0.25, -0.2) is 8.91 Å². The lowest BCUT2D eigenvalue weighted by atomic mass is 10.0. The van der Waals surface area contributed by atoms with Crippen LogP contribution in [0.15, 0.2) is 24.5 Å². The van der Waals surface area contributed by atoms with E-state index in [9.17, 15) is 14.0 Å². The predicted molar refractivity (Wildman–Crippen MR) is 110 cm³/mol. The molecule has 4 rings (SSSR count). The number of ketones is 1. The van der Waals surface area contributed by atoms with Crippen LogP contribution in [0, 0.1) is 0 Å². The fourth-order valence-corrected chi connectivity index (χ4v) is 3.54. The first kappa shape index (κ1) is 20.9. The topological polar surface area (TPSA) is 97.9 Å². The maximum Gasteiger partial charge on any atom is 0.257 e. The van der Waals surface area contributed by atoms with Crippen LogP contribution in [0.5, 0.6) is 0 Å². The molecule has 0 aliphatic carbocycles. The number of aryl methyl sites for hydroxylation is 1. The number of Topliss-reactive ketones (excluding diaryl/α,β-unsaturated/α-hetero) is 1. The number of alkyl halides is 1. The molecule has 1 aliphatic heterocycles. The molecule has 1 saturated heterocycles. The third kappa shape index (κ3) is 4.26. The lowest BCUT2D eigenvalue weighted by Crippen LogP contribution is -2.41. The summed E-state index contributed by atoms with van der Waals surface area (Å²) in [6.07, 6.45) is 3.24. The van der Waals surface area contributed by atoms with E-state index in [0.29, 0.717) is 43.5 Å². The minimum Gasteiger partial charge on any atom is -0.378 e. The number of fused-ring (bicyclic) bond motifs is 1. The van der Waals surface area contributed by atoms with E-state index in [1.165, 1.54) is 10.9 Å². The molecule has 164 valence electrons. The molecule has 0 atom stereocenters. The van der Waals surface area contributed by atoms with Crippen LogP contribution in [-0.4, -0.2) is 87.5 Å². The van der Waals surface area contributed by atoms with Gasteiger partial charge in [-0.15, -0.1) is 5.10 Å². The van der Waals surface area contributed by atoms with E-state index in [4.69, 9.17) is 4.74 Å². The van der Waals surface area contributed by atoms with Gasteiger partial charge in [-0.2, -0.15) is 10.1 Å². The molecule has 1 amide bonds. The highest BCUT2D eigenvalue weighted by Crippen LogP contribution is 2.17. The van der Waals surface area contributed by atoms with E-state index in [0.717, 1.165) is 5.56 Å². The minimum absolute atomic E-state index is 0.0853. The number of morpholine rings is 1. The monoisotopic (exact) mass is 429 g/mol. The van der Waals surface area contributed by atoms with Crippen LogP contribution < -0.4 is 4.90 Å². The molecule has 3 aromatic rings. The van der Waals surface area contributed by atoms with Crippen LogP contribution in [-0.2, 0) is 18.2 Å². The highest BCUT2D eigenvalue weighted by Gasteiger charge is 2.27. The first-order valence-electron chi connectivity index (χ1n) is 10.0. The van der Waals surface area contributed by atoms with Crippen molar-refractivity contribution in [1.82, 2.24) is 29.3 Å². The fraction of sp³-hybridized carbons (Fsp3) is 0.450. The average Bonchev–Trinajstić information content (AvgIpc) is 3.37. The van der Waals surface area contributed by atoms with Gasteiger partial charge in [0.05, 0.1) is 25.0 Å². The smallest absolute Gasteiger partial charge is 0.257 e. The van der Waals surface area contributed by atoms with Gasteiger partial charge in [0.2, 0.25) is 5.95 Å². The summed E-state index contributed by atoms with van der Waals surface area (Å²) in [4.78, 5) is 33.7. The van der Waals surface area contributed by atoms with Crippen molar-refractivity contribution in [2.45, 2.75) is 6.42 Å². The number of carbonyl (C=O) groups excluding carboxylic acids is 2. The second-order valence-electron chi connectivity index (χ2n) is 7.40. The Morgan fingerprint density at radius 2 is 2.06 bits per heavy atom. The lowest BCUT2D eigenvalue weighted by Gasteiger charge is -2.26. The van der Waals surface area contributed by atoms with Crippen LogP contribution in [0.4, 0.5) is 10.3 Å². The average molecular weight is 429 g/mol. The molecular formula is C20H24FN7O3. The fourth-order valence-electron chi connectivity index (χ4n) is 3.54. The molecule has 0 bridgehead atoms. The highest BCUT2D eigenvalue weighted by atomic mass is 19.1. The lowest BCUT2D eigenvalue weighted by molar-refractivity contribution is 0.0301. The van der Waals surface area contributed by atoms with Gasteiger partial charge in [0.15, 0.2) is 11.4 Å². The summed E-state index contributed by atoms with van der Waals surface area (Å²) in [6, 6.07) is 3.54. The van der Waals surface area contributed by atoms with E-state index in [-0.39, 0.29) is 30.3 Å². The van der Waals surface area contributed by atoms with Gasteiger partial charge >= 0.3 is 0 Å². The molecule has 0 spiro atoms. The molecule has 0 unspecified atom stereocenters. The van der Waals surface area contributed by atoms with Crippen molar-refractivity contribution in [3.63, 3.8) is 0 Å². The maximum atomic E-state index is 13.1. The van der Waals surface area contributed by atoms with Gasteiger partial charge < -0.3 is 14.5 Å². The number of hydrogen-bond acceptors (Lipinski definition) is 7. The molecule has 11 heteroatoms. The van der Waals surface area contributed by atoms with Crippen molar-refractivity contribution in [2.24, 2.45) is 7.05 Å². The van der Waals surface area contributed by atoms with E-state index in [2.05, 4.69) is 15.2 Å². The predicted octanol–water partition coefficient (Wildman–Crippen LogP) is 0.766. The highest BCUT2D eigenvalue weighted by molar-refractivity contribution is 6.07. The Bertz CT molecular complexity index is 1100. The van der Waals surface area contributed by atoms with Crippen molar-refractivity contribution >= 4 is 23.3 Å². The van der Waals surface area contributed by atoms with Crippen LogP contribution in [0.3, 0.4) is 0 Å². The van der Waals surface area contributed by atoms with Gasteiger partial charge in [-0.05, 0) is 17.7 Å². The molecule has 1 fully saturated rings. The number of carbonyl (C=O) groups is 2. The second kappa shape index (κ2) is 8.80. The molecule has 0 N–H and O–H groups in total. The van der Waals surface area contributed by atoms with Gasteiger partial charge in [-0.1, -0.05) is 0 Å². The standard InChI is InChI=1S/C20H24FN7O3/c1-25(6-4-21)20-23-17-12-14(3-5-28(17)24-20)11-16(29)18-15(13-22-26(18)2)19(30)27-7-9-31-10-8-27/h3,5,12-13H,4,6-11H2,1-2H3. The van der Waals surface area contributed by atoms with Crippen molar-refractivity contribution < 1.29 is 18.7 Å². The number of halogens is 1. The van der Waals surface area contributed by atoms with Crippen LogP contribution in [0.2, 0.25) is 0 Å². The van der Waals surface area contributed by atoms with E-state index in [1.54, 1.807) is 46.7 Å². The first-order chi connectivity index (χ1) is 15.0. The van der Waals surface area contributed by atoms with E-state index >= 15 is 0 Å². The number of aromatic nitrogens is 5. The zero-order valence-corrected chi connectivity index (χ0v) is 17.5. The minimum atomic E-state index is -0.498. The summed E-state index contributed by atoms with van der Waals surface area (Å²) in [5.41, 5.74) is 1.87. The molecule has 0 saturated carbocycles. The molecule has 3 aromatic heterocycles. The molecular weight excluding hydrogens is 405 g/mol. The molecule has 0 radical (unpaired) electrons. The van der Waals surface area contributed by atoms with Crippen LogP contribution >= 0.6 is 0 Å². The van der Waals surface area contributed by atoms with E-state index < -0.39 is 6.67 Å². The summed E-state index contributed by atoms with van der Waals surface area (Å²) < 4.78 is 20.9. The summed E-state index contributed by atoms with van der Waals surface area (Å²) >= 11 is 0. The van der Waals surface area contributed by atoms with Crippen LogP contribution in [0.25, 0.3) is 5.65 Å². The number of anilines is 1. The molecule has 1 aliphatic rings. The zero-order valence-electron chi connectivity index (χ0n) is 17.5. The van der Waals surface area contributed by atoms with Crippen molar-refractivity contribution in [2.75, 3.05) is 51.5 Å². The molecule has 0 aromatic carbocycles. The number of pyridine rings is 1. The maximum absolute atomic E-state index is 13.1. The Balaban J connectivity index is 1.55. The first-order valence-corrected chi connectivity index (χ1v) is 10.0. The Hall–Kier alpha value is -3.34. The molecule has 31 heavy (non-hydrogen) atoms. The normalized spacial score (nSPS) is 14.2. The largest absolute Gasteiger partial charge is 0.378 e. The number of amides is 1. The Morgan fingerprint density at radius 1 is 1.29 bits per heavy atom. The Morgan fingerprint density at radius 3 is 2.81 bits per heavy atom. The summed E-state index contributed by atoms with van der Waals surface area (Å²) in [5.74, 6) is -0.0189. The second-order valence-corrected chi connectivity index (χ2v) is 7.40. The Labute approximate surface area is 178 Å². The zero-order chi connectivity index (χ0) is 22.0. The van der Waals surface area contributed by atoms with Gasteiger partial charge in [0, 0.05) is 46.3 Å². The van der Waals surface area contributed by atoms with Gasteiger partial charge in [-0.3, -0.25) is 14.3 Å². The SMILES string of the molecule is CN(CCF)c1nc2cc(CC(=O)c3c(C(=O)N4CCOCC4)cnn3C)ccn2n1. The van der Waals surface area contributed by atoms with E-state index in [1.807, 2.05) is 0 Å². The number of rotatable bonds is 7. The van der Waals surface area contributed by atoms with Crippen molar-refractivity contribution in [3.8, 4) is 0 Å². The summed E-state index contributed by atoms with van der Waals surface area (Å²) in [6.45, 7) is 1.64. The number of nitrogens with zero attached hydrogens (tertiary/aromatic N) is 7.